The lowest BCUT2D eigenvalue weighted by Crippen LogP contribution is -2.33. The Morgan fingerprint density at radius 1 is 0.565 bits per heavy atom. The third-order valence-electron chi connectivity index (χ3n) is 16.7. The second-order valence-corrected chi connectivity index (χ2v) is 25.1. The van der Waals surface area contributed by atoms with Crippen molar-refractivity contribution in [1.82, 2.24) is 9.55 Å². The molecular formula is C80H80N4O. The molecule has 2 aromatic heterocycles. The lowest BCUT2D eigenvalue weighted by Gasteiger charge is -2.42. The Hall–Kier alpha value is -8.67. The van der Waals surface area contributed by atoms with E-state index in [0.29, 0.717) is 74.6 Å². The number of fused-ring (bicyclic) bond motifs is 5. The van der Waals surface area contributed by atoms with Crippen LogP contribution in [0, 0.1) is 5.92 Å². The molecule has 9 aromatic carbocycles. The number of pyridine rings is 1. The van der Waals surface area contributed by atoms with Gasteiger partial charge in [-0.2, -0.15) is 0 Å². The van der Waals surface area contributed by atoms with Crippen molar-refractivity contribution in [2.45, 2.75) is 124 Å². The van der Waals surface area contributed by atoms with Crippen molar-refractivity contribution >= 4 is 44.6 Å². The van der Waals surface area contributed by atoms with Gasteiger partial charge in [0.25, 0.3) is 0 Å². The van der Waals surface area contributed by atoms with Crippen molar-refractivity contribution in [3.63, 3.8) is 0 Å². The third-order valence-corrected chi connectivity index (χ3v) is 16.7. The summed E-state index contributed by atoms with van der Waals surface area (Å²) in [6.07, 6.45) is 1.06. The van der Waals surface area contributed by atoms with Gasteiger partial charge in [0.15, 0.2) is 0 Å². The van der Waals surface area contributed by atoms with Crippen molar-refractivity contribution in [2.75, 3.05) is 16.5 Å². The molecule has 2 aliphatic rings. The summed E-state index contributed by atoms with van der Waals surface area (Å²) < 4.78 is 212. The standard InChI is InChI=1S/C80H80N4O/c1-52(2)42-58-46-75(81-50-68(58)54-22-14-13-15-23-54)84-71-29-17-16-26-66(71)67-38-37-63(49-74(67)84)85-62-25-20-24-61(48-62)82-51-83(73-31-19-18-30-72(73)82)76-64(27-21-28-65(76)56-36-39-69-70(45-56)80(11,12)41-40-79(69,9)10)55-34-32-53(33-35-55)57-43-59(77(3,4)5)47-60(44-57)78(6,7)8/h13-39,43-50,52H,40-42,51H2,1-12H3/i3D3,4D3,5D3,16D,17D,26D,29D,32D,33D,34D,35D,36D,39D,42D2,45D. The maximum absolute atomic E-state index is 10.3. The number of para-hydroxylation sites is 4. The second kappa shape index (κ2) is 21.1. The first-order valence-corrected chi connectivity index (χ1v) is 28.9. The molecule has 11 aromatic rings. The zero-order valence-electron chi connectivity index (χ0n) is 71.3. The van der Waals surface area contributed by atoms with Gasteiger partial charge in [0.05, 0.1) is 43.2 Å². The fourth-order valence-electron chi connectivity index (χ4n) is 12.0. The van der Waals surface area contributed by atoms with Gasteiger partial charge in [0.1, 0.15) is 24.0 Å². The van der Waals surface area contributed by atoms with Crippen molar-refractivity contribution in [3.8, 4) is 61.8 Å². The van der Waals surface area contributed by atoms with Crippen LogP contribution in [0.25, 0.3) is 72.1 Å². The molecule has 0 atom stereocenters. The number of nitrogens with zero attached hydrogens (tertiary/aromatic N) is 4. The van der Waals surface area contributed by atoms with Crippen LogP contribution in [0.4, 0.5) is 22.7 Å². The average Bonchev–Trinajstić information content (AvgIpc) is 1.17. The second-order valence-electron chi connectivity index (χ2n) is 25.1. The average molecular weight is 1140 g/mol. The molecule has 1 aliphatic carbocycles. The maximum atomic E-state index is 10.3. The highest BCUT2D eigenvalue weighted by Gasteiger charge is 2.38. The Bertz CT molecular complexity index is 5410. The molecule has 13 rings (SSSR count). The van der Waals surface area contributed by atoms with E-state index in [9.17, 15) is 15.1 Å². The van der Waals surface area contributed by atoms with Crippen LogP contribution in [0.2, 0.25) is 0 Å². The molecule has 5 heteroatoms. The van der Waals surface area contributed by atoms with E-state index in [1.54, 1.807) is 100.0 Å². The number of ether oxygens (including phenoxy) is 1. The van der Waals surface area contributed by atoms with E-state index < -0.39 is 96.3 Å². The number of aromatic nitrogens is 2. The first-order valence-electron chi connectivity index (χ1n) is 39.9. The summed E-state index contributed by atoms with van der Waals surface area (Å²) in [4.78, 5) is 8.80. The molecule has 1 aliphatic heterocycles. The van der Waals surface area contributed by atoms with E-state index in [2.05, 4.69) is 0 Å². The fourth-order valence-corrected chi connectivity index (χ4v) is 12.0. The molecule has 3 heterocycles. The maximum Gasteiger partial charge on any atom is 0.137 e. The minimum atomic E-state index is -3.68. The van der Waals surface area contributed by atoms with Crippen LogP contribution in [0.15, 0.2) is 212 Å². The molecule has 85 heavy (non-hydrogen) atoms. The van der Waals surface area contributed by atoms with E-state index in [4.69, 9.17) is 24.8 Å². The molecule has 0 saturated heterocycles. The van der Waals surface area contributed by atoms with Crippen LogP contribution in [-0.2, 0) is 28.0 Å². The van der Waals surface area contributed by atoms with Gasteiger partial charge in [-0.1, -0.05) is 228 Å². The Kier molecular flexibility index (Phi) is 8.85. The van der Waals surface area contributed by atoms with E-state index in [1.807, 2.05) is 104 Å². The largest absolute Gasteiger partial charge is 0.457 e. The third kappa shape index (κ3) is 10.4. The smallest absolute Gasteiger partial charge is 0.137 e. The van der Waals surface area contributed by atoms with E-state index in [0.717, 1.165) is 11.6 Å². The summed E-state index contributed by atoms with van der Waals surface area (Å²) in [7, 11) is 0. The van der Waals surface area contributed by atoms with Gasteiger partial charge in [-0.15, -0.1) is 0 Å². The zero-order valence-corrected chi connectivity index (χ0v) is 49.3. The van der Waals surface area contributed by atoms with Crippen molar-refractivity contribution < 1.29 is 34.9 Å². The molecule has 0 saturated carbocycles. The van der Waals surface area contributed by atoms with Gasteiger partial charge in [-0.05, 0) is 151 Å². The molecule has 426 valence electrons. The van der Waals surface area contributed by atoms with E-state index in [-0.39, 0.29) is 98.2 Å². The monoisotopic (exact) mass is 1130 g/mol. The van der Waals surface area contributed by atoms with Crippen LogP contribution in [0.5, 0.6) is 11.5 Å². The molecule has 0 N–H and O–H groups in total. The van der Waals surface area contributed by atoms with E-state index >= 15 is 0 Å². The molecule has 0 amide bonds. The molecule has 0 unspecified atom stereocenters. The molecular weight excluding hydrogens is 1030 g/mol. The summed E-state index contributed by atoms with van der Waals surface area (Å²) in [5, 5.41) is 0.676. The summed E-state index contributed by atoms with van der Waals surface area (Å²) in [5.74, 6) is 0.340. The predicted molar refractivity (Wildman–Crippen MR) is 360 cm³/mol. The normalized spacial score (nSPS) is 19.1. The van der Waals surface area contributed by atoms with Crippen LogP contribution in [-0.4, -0.2) is 16.2 Å². The minimum Gasteiger partial charge on any atom is -0.457 e. The quantitative estimate of drug-likeness (QED) is 0.129. The highest BCUT2D eigenvalue weighted by atomic mass is 16.5. The lowest BCUT2D eigenvalue weighted by molar-refractivity contribution is 0.332. The fraction of sp³-hybridized carbons (Fsp3) is 0.263. The van der Waals surface area contributed by atoms with Crippen molar-refractivity contribution in [1.29, 1.82) is 0 Å². The highest BCUT2D eigenvalue weighted by Crippen LogP contribution is 2.53. The molecule has 0 fully saturated rings. The number of anilines is 4. The van der Waals surface area contributed by atoms with E-state index in [1.165, 1.54) is 12.1 Å². The number of hydrogen-bond acceptors (Lipinski definition) is 4. The van der Waals surface area contributed by atoms with Crippen molar-refractivity contribution in [2.24, 2.45) is 5.92 Å². The minimum absolute atomic E-state index is 0.00926. The summed E-state index contributed by atoms with van der Waals surface area (Å²) in [6, 6.07) is 35.2. The van der Waals surface area contributed by atoms with Crippen LogP contribution >= 0.6 is 0 Å². The summed E-state index contributed by atoms with van der Waals surface area (Å²) in [6.45, 7) is 5.81. The van der Waals surface area contributed by atoms with Gasteiger partial charge >= 0.3 is 0 Å². The molecule has 0 bridgehead atoms. The first-order chi connectivity index (χ1) is 49.8. The van der Waals surface area contributed by atoms with Crippen molar-refractivity contribution in [3.05, 3.63) is 240 Å². The molecule has 0 radical (unpaired) electrons. The lowest BCUT2D eigenvalue weighted by atomic mass is 9.63. The van der Waals surface area contributed by atoms with Gasteiger partial charge in [0.2, 0.25) is 0 Å². The first kappa shape index (κ1) is 35.6. The SMILES string of the molecule is [2H]c1c([2H])c(-c2cccc(-c3c([2H])c([2H])c4c(c3[2H])C(C)(C)CCC4(C)C)c2N2CN(c3cccc(Oc4ccc5c6c([2H])c([2H])c([2H])c([2H])c6n(-c6cc(C([2H])([2H])C(C)C)c(-c7ccccc7)cn6)c5c4)c3)c3ccccc32)c([2H])c([2H])c1-c1cc(C(C)(C)C)cc(C(C([2H])([2H])[2H])(C([2H])([2H])[2H])C([2H])([2H])[2H])c1. The Morgan fingerprint density at radius 2 is 1.21 bits per heavy atom. The van der Waals surface area contributed by atoms with Crippen LogP contribution in [0.3, 0.4) is 0 Å². The topological polar surface area (TPSA) is 33.5 Å². The van der Waals surface area contributed by atoms with Gasteiger partial charge in [-0.3, -0.25) is 4.57 Å². The van der Waals surface area contributed by atoms with Crippen LogP contribution in [0.1, 0.15) is 154 Å². The number of rotatable bonds is 11. The van der Waals surface area contributed by atoms with Gasteiger partial charge < -0.3 is 14.5 Å². The summed E-state index contributed by atoms with van der Waals surface area (Å²) >= 11 is 0. The Labute approximate surface area is 535 Å². The molecule has 0 spiro atoms. The summed E-state index contributed by atoms with van der Waals surface area (Å²) in [5.41, 5.74) is -0.904. The van der Waals surface area contributed by atoms with Gasteiger partial charge in [-0.25, -0.2) is 4.98 Å². The Morgan fingerprint density at radius 3 is 1.94 bits per heavy atom. The number of hydrogen-bond donors (Lipinski definition) is 0. The predicted octanol–water partition coefficient (Wildman–Crippen LogP) is 22.0. The number of benzene rings is 9. The Balaban J connectivity index is 0.986. The van der Waals surface area contributed by atoms with Crippen LogP contribution < -0.4 is 14.5 Å². The highest BCUT2D eigenvalue weighted by molar-refractivity contribution is 6.09. The zero-order chi connectivity index (χ0) is 78.0. The molecule has 5 nitrogen and oxygen atoms in total. The van der Waals surface area contributed by atoms with Gasteiger partial charge in [0, 0.05) is 66.6 Å².